The van der Waals surface area contributed by atoms with Crippen LogP contribution in [0.2, 0.25) is 0 Å². The zero-order valence-electron chi connectivity index (χ0n) is 35.2. The number of amides is 2. The van der Waals surface area contributed by atoms with Crippen LogP contribution >= 0.6 is 11.8 Å². The Balaban J connectivity index is 0.895. The lowest BCUT2D eigenvalue weighted by atomic mass is 9.91. The number of ether oxygens (including phenoxy) is 3. The summed E-state index contributed by atoms with van der Waals surface area (Å²) >= 11 is 1.53. The van der Waals surface area contributed by atoms with Crippen LogP contribution in [0.25, 0.3) is 33.7 Å². The van der Waals surface area contributed by atoms with E-state index in [0.717, 1.165) is 61.7 Å². The molecule has 0 radical (unpaired) electrons. The van der Waals surface area contributed by atoms with Gasteiger partial charge in [0.25, 0.3) is 5.22 Å². The number of thioether (sulfide) groups is 1. The Hall–Kier alpha value is -6.95. The summed E-state index contributed by atoms with van der Waals surface area (Å²) in [5, 5.41) is 16.2. The Labute approximate surface area is 377 Å². The molecule has 0 unspecified atom stereocenters. The number of para-hydroxylation sites is 1. The molecule has 1 fully saturated rings. The van der Waals surface area contributed by atoms with Crippen LogP contribution < -0.4 is 15.4 Å². The van der Waals surface area contributed by atoms with Gasteiger partial charge in [0.05, 0.1) is 18.8 Å². The Kier molecular flexibility index (Phi) is 13.3. The third-order valence-corrected chi connectivity index (χ3v) is 12.1. The molecule has 0 spiro atoms. The van der Waals surface area contributed by atoms with Crippen LogP contribution in [0.15, 0.2) is 198 Å². The van der Waals surface area contributed by atoms with Crippen molar-refractivity contribution in [2.45, 2.75) is 43.8 Å². The fourth-order valence-electron chi connectivity index (χ4n) is 7.76. The van der Waals surface area contributed by atoms with Gasteiger partial charge in [0, 0.05) is 40.6 Å². The second kappa shape index (κ2) is 20.0. The average Bonchev–Trinajstić information content (AvgIpc) is 3.79. The molecular weight excluding hydrogens is 819 g/mol. The van der Waals surface area contributed by atoms with Crippen molar-refractivity contribution in [3.8, 4) is 45.2 Å². The van der Waals surface area contributed by atoms with Gasteiger partial charge in [-0.2, -0.15) is 0 Å². The minimum absolute atomic E-state index is 0.0234. The van der Waals surface area contributed by atoms with E-state index in [0.29, 0.717) is 29.0 Å². The molecule has 1 aliphatic heterocycles. The molecule has 0 saturated carbocycles. The van der Waals surface area contributed by atoms with Crippen molar-refractivity contribution in [1.82, 2.24) is 10.3 Å². The molecule has 320 valence electrons. The van der Waals surface area contributed by atoms with Crippen molar-refractivity contribution < 1.29 is 28.5 Å². The molecule has 4 atom stereocenters. The molecule has 2 heterocycles. The van der Waals surface area contributed by atoms with Crippen LogP contribution in [0.5, 0.6) is 11.5 Å². The monoisotopic (exact) mass is 865 g/mol. The molecule has 1 aliphatic rings. The van der Waals surface area contributed by atoms with E-state index in [-0.39, 0.29) is 30.8 Å². The normalized spacial score (nSPS) is 17.1. The molecule has 0 bridgehead atoms. The van der Waals surface area contributed by atoms with E-state index < -0.39 is 6.29 Å². The summed E-state index contributed by atoms with van der Waals surface area (Å²) in [6.45, 7) is 2.45. The molecule has 9 nitrogen and oxygen atoms in total. The van der Waals surface area contributed by atoms with Gasteiger partial charge in [-0.15, -0.1) is 0 Å². The first kappa shape index (κ1) is 42.4. The number of anilines is 1. The summed E-state index contributed by atoms with van der Waals surface area (Å²) in [7, 11) is 0. The highest BCUT2D eigenvalue weighted by Gasteiger charge is 2.39. The van der Waals surface area contributed by atoms with E-state index in [1.54, 1.807) is 0 Å². The number of carbonyl (C=O) groups is 1. The summed E-state index contributed by atoms with van der Waals surface area (Å²) in [5.41, 5.74) is 9.10. The van der Waals surface area contributed by atoms with E-state index in [9.17, 15) is 9.90 Å². The number of carbonyl (C=O) groups excluding carboxylic acids is 1. The molecule has 8 aromatic rings. The SMILES string of the molecule is C[C@@H]1[C@H](CSc2nc(-c3ccccc3)c(-c3ccccc3)o2)O[C@H](c2ccc(-c3ccccc3CNC(=O)Nc3ccc(Oc4ccccc4)cc3)cc2)O[C@@H]1c1ccc(CO)cc1. The first-order chi connectivity index (χ1) is 31.5. The molecule has 0 aliphatic carbocycles. The highest BCUT2D eigenvalue weighted by Crippen LogP contribution is 2.44. The van der Waals surface area contributed by atoms with Crippen LogP contribution in [-0.2, 0) is 22.6 Å². The lowest BCUT2D eigenvalue weighted by Gasteiger charge is -2.41. The number of urea groups is 1. The van der Waals surface area contributed by atoms with Crippen LogP contribution in [0.3, 0.4) is 0 Å². The summed E-state index contributed by atoms with van der Waals surface area (Å²) in [6, 6.07) is 60.8. The lowest BCUT2D eigenvalue weighted by Crippen LogP contribution is -2.38. The van der Waals surface area contributed by atoms with Gasteiger partial charge in [-0.25, -0.2) is 9.78 Å². The highest BCUT2D eigenvalue weighted by atomic mass is 32.2. The van der Waals surface area contributed by atoms with Crippen LogP contribution in [-0.4, -0.2) is 28.0 Å². The number of nitrogens with zero attached hydrogens (tertiary/aromatic N) is 1. The number of nitrogens with one attached hydrogen (secondary N) is 2. The summed E-state index contributed by atoms with van der Waals surface area (Å²) in [4.78, 5) is 18.0. The van der Waals surface area contributed by atoms with Gasteiger partial charge in [-0.3, -0.25) is 0 Å². The Bertz CT molecular complexity index is 2690. The molecule has 3 N–H and O–H groups in total. The number of hydrogen-bond donors (Lipinski definition) is 3. The third-order valence-electron chi connectivity index (χ3n) is 11.2. The predicted octanol–water partition coefficient (Wildman–Crippen LogP) is 12.9. The average molecular weight is 866 g/mol. The maximum atomic E-state index is 13.0. The van der Waals surface area contributed by atoms with E-state index >= 15 is 0 Å². The van der Waals surface area contributed by atoms with E-state index in [4.69, 9.17) is 23.6 Å². The first-order valence-electron chi connectivity index (χ1n) is 21.3. The van der Waals surface area contributed by atoms with E-state index in [2.05, 4.69) is 35.8 Å². The van der Waals surface area contributed by atoms with Crippen molar-refractivity contribution in [1.29, 1.82) is 0 Å². The fourth-order valence-corrected chi connectivity index (χ4v) is 8.75. The number of aliphatic hydroxyl groups is 1. The molecule has 64 heavy (non-hydrogen) atoms. The number of hydrogen-bond acceptors (Lipinski definition) is 8. The molecule has 2 amide bonds. The number of oxazole rings is 1. The maximum Gasteiger partial charge on any atom is 0.319 e. The quantitative estimate of drug-likeness (QED) is 0.0926. The molecule has 1 saturated heterocycles. The van der Waals surface area contributed by atoms with Crippen molar-refractivity contribution in [2.75, 3.05) is 11.1 Å². The maximum absolute atomic E-state index is 13.0. The highest BCUT2D eigenvalue weighted by molar-refractivity contribution is 7.99. The predicted molar refractivity (Wildman–Crippen MR) is 252 cm³/mol. The van der Waals surface area contributed by atoms with Gasteiger partial charge in [-0.05, 0) is 64.2 Å². The summed E-state index contributed by atoms with van der Waals surface area (Å²) < 4.78 is 26.0. The minimum atomic E-state index is -0.651. The van der Waals surface area contributed by atoms with Gasteiger partial charge in [0.1, 0.15) is 17.2 Å². The largest absolute Gasteiger partial charge is 0.457 e. The zero-order valence-corrected chi connectivity index (χ0v) is 36.0. The Morgan fingerprint density at radius 1 is 0.672 bits per heavy atom. The Morgan fingerprint density at radius 2 is 1.30 bits per heavy atom. The van der Waals surface area contributed by atoms with Crippen LogP contribution in [0, 0.1) is 5.92 Å². The second-order valence-electron chi connectivity index (χ2n) is 15.5. The van der Waals surface area contributed by atoms with E-state index in [1.165, 1.54) is 11.8 Å². The van der Waals surface area contributed by atoms with Gasteiger partial charge < -0.3 is 34.4 Å². The molecule has 10 heteroatoms. The van der Waals surface area contributed by atoms with Gasteiger partial charge in [-0.1, -0.05) is 170 Å². The number of rotatable bonds is 14. The van der Waals surface area contributed by atoms with Crippen LogP contribution in [0.1, 0.15) is 41.6 Å². The topological polar surface area (TPSA) is 115 Å². The Morgan fingerprint density at radius 3 is 2.00 bits per heavy atom. The smallest absolute Gasteiger partial charge is 0.319 e. The van der Waals surface area contributed by atoms with Gasteiger partial charge in [0.15, 0.2) is 12.1 Å². The fraction of sp³-hybridized carbons (Fsp3) is 0.148. The molecular formula is C54H47N3O6S. The summed E-state index contributed by atoms with van der Waals surface area (Å²) in [6.07, 6.45) is -1.15. The standard InChI is InChI=1S/C54H47N3O6S/c1-36-48(35-64-54-57-49(39-13-5-2-6-14-39)51(63-54)40-15-7-3-8-16-40)61-52(62-50(36)41-23-21-37(34-58)22-24-41)42-27-25-38(26-28-42)47-20-12-11-17-43(47)33-55-53(59)56-44-29-31-46(32-30-44)60-45-18-9-4-10-19-45/h2-32,36,48,50,52,58H,33-35H2,1H3,(H2,55,56,59)/t36-,48+,50+,52+/m1/s1. The van der Waals surface area contributed by atoms with Crippen molar-refractivity contribution in [3.63, 3.8) is 0 Å². The zero-order chi connectivity index (χ0) is 43.7. The third kappa shape index (κ3) is 10.1. The van der Waals surface area contributed by atoms with Crippen LogP contribution in [0.4, 0.5) is 10.5 Å². The number of benzene rings is 7. The van der Waals surface area contributed by atoms with Crippen molar-refractivity contribution in [2.24, 2.45) is 5.92 Å². The van der Waals surface area contributed by atoms with Gasteiger partial charge in [0.2, 0.25) is 0 Å². The first-order valence-corrected chi connectivity index (χ1v) is 22.3. The second-order valence-corrected chi connectivity index (χ2v) is 16.5. The van der Waals surface area contributed by atoms with Gasteiger partial charge >= 0.3 is 6.03 Å². The summed E-state index contributed by atoms with van der Waals surface area (Å²) in [5.74, 6) is 2.71. The molecule has 1 aromatic heterocycles. The van der Waals surface area contributed by atoms with Crippen molar-refractivity contribution >= 4 is 23.5 Å². The number of aromatic nitrogens is 1. The minimum Gasteiger partial charge on any atom is -0.457 e. The lowest BCUT2D eigenvalue weighted by molar-refractivity contribution is -0.268. The molecule has 9 rings (SSSR count). The number of aliphatic hydroxyl groups excluding tert-OH is 1. The van der Waals surface area contributed by atoms with Crippen molar-refractivity contribution in [3.05, 3.63) is 210 Å². The molecule has 7 aromatic carbocycles. The van der Waals surface area contributed by atoms with E-state index in [1.807, 2.05) is 170 Å².